The van der Waals surface area contributed by atoms with E-state index in [1.54, 1.807) is 0 Å². The minimum absolute atomic E-state index is 0.333. The molecule has 20 heavy (non-hydrogen) atoms. The molecule has 13 N–H and O–H groups in total. The number of nitrogens with two attached hydrogens (primary N) is 2. The van der Waals surface area contributed by atoms with E-state index < -0.39 is 29.6 Å². The van der Waals surface area contributed by atoms with Crippen LogP contribution in [0.5, 0.6) is 0 Å². The second-order valence-electron chi connectivity index (χ2n) is 1.70. The summed E-state index contributed by atoms with van der Waals surface area (Å²) >= 11 is 0. The molecule has 120 valence electrons. The Morgan fingerprint density at radius 3 is 0.600 bits per heavy atom. The van der Waals surface area contributed by atoms with E-state index in [0.29, 0.717) is 0 Å². The fraction of sp³-hybridized carbons (Fsp3) is 0. The SMILES string of the molecule is N=C(N)N.OB(O)F.OB(O)F.OB(O)F.OB(O)F. The van der Waals surface area contributed by atoms with Crippen molar-refractivity contribution in [1.29, 1.82) is 5.41 Å². The van der Waals surface area contributed by atoms with Crippen LogP contribution in [-0.4, -0.2) is 75.7 Å². The van der Waals surface area contributed by atoms with Crippen molar-refractivity contribution >= 4 is 35.5 Å². The summed E-state index contributed by atoms with van der Waals surface area (Å²) in [6.07, 6.45) is 0. The van der Waals surface area contributed by atoms with Crippen molar-refractivity contribution in [2.24, 2.45) is 11.5 Å². The molecule has 0 saturated heterocycles. The zero-order valence-corrected chi connectivity index (χ0v) is 9.55. The van der Waals surface area contributed by atoms with Crippen LogP contribution in [0.4, 0.5) is 17.3 Å². The molecule has 0 aromatic rings. The molecular formula is CH13B4F4N3O8. The van der Waals surface area contributed by atoms with Crippen LogP contribution in [-0.2, 0) is 0 Å². The van der Waals surface area contributed by atoms with Gasteiger partial charge in [0.15, 0.2) is 5.96 Å². The van der Waals surface area contributed by atoms with Gasteiger partial charge in [0, 0.05) is 0 Å². The lowest BCUT2D eigenvalue weighted by molar-refractivity contribution is 0.338. The minimum atomic E-state index is -2.67. The molecule has 0 spiro atoms. The molecule has 11 nitrogen and oxygen atoms in total. The topological polar surface area (TPSA) is 238 Å². The summed E-state index contributed by atoms with van der Waals surface area (Å²) in [5.41, 5.74) is 8.94. The number of hydrogen-bond acceptors (Lipinski definition) is 9. The second kappa shape index (κ2) is 26.5. The zero-order chi connectivity index (χ0) is 17.9. The Bertz CT molecular complexity index is 141. The quantitative estimate of drug-likeness (QED) is 0.0877. The Balaban J connectivity index is -0.0000000469. The smallest absolute Gasteiger partial charge is 0.398 e. The Morgan fingerprint density at radius 2 is 0.600 bits per heavy atom. The van der Waals surface area contributed by atoms with Crippen LogP contribution in [0, 0.1) is 5.41 Å². The predicted molar refractivity (Wildman–Crippen MR) is 61.3 cm³/mol. The highest BCUT2D eigenvalue weighted by Gasteiger charge is 1.98. The minimum Gasteiger partial charge on any atom is -0.398 e. The van der Waals surface area contributed by atoms with Gasteiger partial charge in [0.25, 0.3) is 0 Å². The molecule has 0 radical (unpaired) electrons. The molecule has 0 unspecified atom stereocenters. The van der Waals surface area contributed by atoms with Crippen LogP contribution < -0.4 is 11.5 Å². The van der Waals surface area contributed by atoms with Gasteiger partial charge in [0.05, 0.1) is 0 Å². The lowest BCUT2D eigenvalue weighted by Gasteiger charge is -1.69. The van der Waals surface area contributed by atoms with Crippen LogP contribution in [0.25, 0.3) is 0 Å². The van der Waals surface area contributed by atoms with Gasteiger partial charge in [-0.25, -0.2) is 0 Å². The maximum atomic E-state index is 10.1. The molecule has 0 heterocycles. The molecule has 0 amide bonds. The molecule has 0 aromatic carbocycles. The zero-order valence-electron chi connectivity index (χ0n) is 9.55. The monoisotopic (exact) mass is 315 g/mol. The third kappa shape index (κ3) is 3750. The van der Waals surface area contributed by atoms with E-state index >= 15 is 0 Å². The molecule has 0 saturated carbocycles. The lowest BCUT2D eigenvalue weighted by atomic mass is 10.3. The molecule has 0 aliphatic heterocycles. The van der Waals surface area contributed by atoms with E-state index in [0.717, 1.165) is 0 Å². The van der Waals surface area contributed by atoms with Crippen molar-refractivity contribution in [2.45, 2.75) is 0 Å². The summed E-state index contributed by atoms with van der Waals surface area (Å²) in [7, 11) is -10.7. The number of hydrogen-bond donors (Lipinski definition) is 11. The average molecular weight is 314 g/mol. The van der Waals surface area contributed by atoms with E-state index in [1.807, 2.05) is 0 Å². The van der Waals surface area contributed by atoms with Crippen molar-refractivity contribution in [1.82, 2.24) is 0 Å². The molecule has 0 bridgehead atoms. The maximum Gasteiger partial charge on any atom is 0.674 e. The molecule has 0 fully saturated rings. The lowest BCUT2D eigenvalue weighted by Crippen LogP contribution is -2.20. The highest BCUT2D eigenvalue weighted by Crippen LogP contribution is 1.58. The summed E-state index contributed by atoms with van der Waals surface area (Å²) in [5, 5.41) is 61.6. The van der Waals surface area contributed by atoms with E-state index in [4.69, 9.17) is 45.6 Å². The molecule has 19 heteroatoms. The normalized spacial score (nSPS) is 6.60. The first kappa shape index (κ1) is 31.4. The third-order valence-electron chi connectivity index (χ3n) is 0. The highest BCUT2D eigenvalue weighted by atomic mass is 19.1. The van der Waals surface area contributed by atoms with Crippen molar-refractivity contribution in [2.75, 3.05) is 0 Å². The standard InChI is InChI=1S/CH5N3.4BFH2O2/c5*2-1(3)4/h(H5,2,3,4);4*3-4H. The highest BCUT2D eigenvalue weighted by molar-refractivity contribution is 6.32. The molecular weight excluding hydrogens is 301 g/mol. The van der Waals surface area contributed by atoms with Crippen LogP contribution in [0.2, 0.25) is 0 Å². The number of guanidine groups is 1. The molecule has 0 aromatic heterocycles. The predicted octanol–water partition coefficient (Wildman–Crippen LogP) is -5.46. The van der Waals surface area contributed by atoms with Crippen molar-refractivity contribution in [3.8, 4) is 0 Å². The molecule has 0 atom stereocenters. The van der Waals surface area contributed by atoms with Gasteiger partial charge in [-0.2, -0.15) is 0 Å². The van der Waals surface area contributed by atoms with Crippen molar-refractivity contribution < 1.29 is 57.5 Å². The van der Waals surface area contributed by atoms with Gasteiger partial charge in [0.1, 0.15) is 0 Å². The maximum absolute atomic E-state index is 10.1. The summed E-state index contributed by atoms with van der Waals surface area (Å²) in [6, 6.07) is 0. The second-order valence-corrected chi connectivity index (χ2v) is 1.70. The average Bonchev–Trinajstić information content (AvgIpc) is 1.94. The van der Waals surface area contributed by atoms with Gasteiger partial charge < -0.3 is 51.7 Å². The molecule has 0 aliphatic rings. The van der Waals surface area contributed by atoms with E-state index in [-0.39, 0.29) is 5.96 Å². The summed E-state index contributed by atoms with van der Waals surface area (Å²) < 4.78 is 40.4. The largest absolute Gasteiger partial charge is 0.674 e. The van der Waals surface area contributed by atoms with Crippen LogP contribution in [0.15, 0.2) is 0 Å². The summed E-state index contributed by atoms with van der Waals surface area (Å²) in [5.74, 6) is -0.333. The first-order valence-electron chi connectivity index (χ1n) is 3.77. The summed E-state index contributed by atoms with van der Waals surface area (Å²) in [6.45, 7) is 0. The third-order valence-corrected chi connectivity index (χ3v) is 0. The van der Waals surface area contributed by atoms with Gasteiger partial charge in [-0.1, -0.05) is 0 Å². The van der Waals surface area contributed by atoms with Crippen LogP contribution >= 0.6 is 0 Å². The Hall–Kier alpha value is -1.07. The van der Waals surface area contributed by atoms with Gasteiger partial charge in [-0.15, -0.1) is 0 Å². The first-order valence-corrected chi connectivity index (χ1v) is 3.77. The van der Waals surface area contributed by atoms with Crippen LogP contribution in [0.3, 0.4) is 0 Å². The van der Waals surface area contributed by atoms with Gasteiger partial charge >= 0.3 is 29.6 Å². The van der Waals surface area contributed by atoms with Gasteiger partial charge in [-0.3, -0.25) is 22.7 Å². The van der Waals surface area contributed by atoms with Crippen molar-refractivity contribution in [3.05, 3.63) is 0 Å². The molecule has 0 rings (SSSR count). The molecule has 0 aliphatic carbocycles. The first-order chi connectivity index (χ1) is 8.66. The van der Waals surface area contributed by atoms with Gasteiger partial charge in [-0.05, 0) is 0 Å². The Morgan fingerprint density at radius 1 is 0.600 bits per heavy atom. The Kier molecular flexibility index (Phi) is 41.5. The number of rotatable bonds is 0. The van der Waals surface area contributed by atoms with Gasteiger partial charge in [0.2, 0.25) is 0 Å². The Labute approximate surface area is 111 Å². The fourth-order valence-electron chi connectivity index (χ4n) is 0. The van der Waals surface area contributed by atoms with E-state index in [2.05, 4.69) is 11.5 Å². The summed E-state index contributed by atoms with van der Waals surface area (Å²) in [4.78, 5) is 0. The van der Waals surface area contributed by atoms with Crippen molar-refractivity contribution in [3.63, 3.8) is 0 Å². The van der Waals surface area contributed by atoms with Crippen LogP contribution in [0.1, 0.15) is 0 Å². The van der Waals surface area contributed by atoms with E-state index in [1.165, 1.54) is 0 Å². The number of nitrogens with one attached hydrogen (secondary N) is 1. The number of halogens is 4. The van der Waals surface area contributed by atoms with E-state index in [9.17, 15) is 17.3 Å². The fourth-order valence-corrected chi connectivity index (χ4v) is 0.